The zero-order valence-corrected chi connectivity index (χ0v) is 11.7. The Balaban J connectivity index is 1.79. The van der Waals surface area contributed by atoms with Crippen molar-refractivity contribution in [2.75, 3.05) is 50.8 Å². The smallest absolute Gasteiger partial charge is 0.0492 e. The largest absolute Gasteiger partial charge is 0.317 e. The van der Waals surface area contributed by atoms with E-state index in [9.17, 15) is 4.21 Å². The fraction of sp³-hybridized carbons (Fsp3) is 1.00. The molecule has 2 heterocycles. The minimum atomic E-state index is -1.84. The Labute approximate surface area is 105 Å². The number of rotatable bonds is 3. The molecule has 0 radical (unpaired) electrons. The van der Waals surface area contributed by atoms with Crippen molar-refractivity contribution in [3.05, 3.63) is 0 Å². The molecule has 2 fully saturated rings. The lowest BCUT2D eigenvalue weighted by atomic mass is 9.97. The molecule has 1 N–H and O–H groups in total. The normalized spacial score (nSPS) is 26.9. The number of hydrogen-bond acceptors (Lipinski definition) is 4. The third-order valence-corrected chi connectivity index (χ3v) is 6.16. The predicted octanol–water partition coefficient (Wildman–Crippen LogP) is 0.790. The molecule has 2 saturated heterocycles. The summed E-state index contributed by atoms with van der Waals surface area (Å²) in [5, 5.41) is 3.40. The second-order valence-corrected chi connectivity index (χ2v) is 7.74. The van der Waals surface area contributed by atoms with Crippen LogP contribution in [0.25, 0.3) is 0 Å². The Bertz CT molecular complexity index is 330. The van der Waals surface area contributed by atoms with Gasteiger partial charge in [0.05, 0.1) is 0 Å². The summed E-state index contributed by atoms with van der Waals surface area (Å²) in [6.45, 7) is 8.17. The molecule has 0 aliphatic carbocycles. The average molecular weight is 259 g/mol. The first-order valence-electron chi connectivity index (χ1n) is 6.83. The second kappa shape index (κ2) is 6.16. The highest BCUT2D eigenvalue weighted by atomic mass is 32.2. The molecular formula is C12H25N3OS. The first-order chi connectivity index (χ1) is 8.22. The molecular weight excluding hydrogens is 234 g/mol. The minimum Gasteiger partial charge on any atom is -0.317 e. The van der Waals surface area contributed by atoms with Gasteiger partial charge in [-0.3, -0.25) is 0 Å². The lowest BCUT2D eigenvalue weighted by Crippen LogP contribution is -2.44. The molecule has 5 heteroatoms. The lowest BCUT2D eigenvalue weighted by molar-refractivity contribution is 0.219. The van der Waals surface area contributed by atoms with Crippen LogP contribution in [0, 0.1) is 5.92 Å². The third-order valence-electron chi connectivity index (χ3n) is 3.79. The van der Waals surface area contributed by atoms with Crippen molar-refractivity contribution < 1.29 is 4.21 Å². The molecule has 0 atom stereocenters. The summed E-state index contributed by atoms with van der Waals surface area (Å²) < 4.78 is 16.5. The Morgan fingerprint density at radius 1 is 1.29 bits per heavy atom. The van der Waals surface area contributed by atoms with E-state index >= 15 is 0 Å². The first kappa shape index (κ1) is 13.3. The average Bonchev–Trinajstić information content (AvgIpc) is 2.34. The molecule has 2 rings (SSSR count). The van der Waals surface area contributed by atoms with Crippen LogP contribution in [-0.2, 0) is 9.73 Å². The van der Waals surface area contributed by atoms with Crippen LogP contribution in [0.15, 0.2) is 4.36 Å². The van der Waals surface area contributed by atoms with Gasteiger partial charge in [0.2, 0.25) is 0 Å². The van der Waals surface area contributed by atoms with Gasteiger partial charge >= 0.3 is 0 Å². The Morgan fingerprint density at radius 3 is 2.53 bits per heavy atom. The van der Waals surface area contributed by atoms with E-state index in [1.54, 1.807) is 0 Å². The highest BCUT2D eigenvalue weighted by Crippen LogP contribution is 2.15. The summed E-state index contributed by atoms with van der Waals surface area (Å²) in [6, 6.07) is 0. The molecule has 2 aliphatic heterocycles. The standard InChI is InChI=1S/C12H25N3OS/c1-2-14-17(16)9-7-15(8-10-17)11-12-3-5-13-6-4-12/h12-13H,2-11H2,1H3. The van der Waals surface area contributed by atoms with Crippen LogP contribution in [0.3, 0.4) is 0 Å². The van der Waals surface area contributed by atoms with Crippen LogP contribution in [0.1, 0.15) is 19.8 Å². The third kappa shape index (κ3) is 3.93. The maximum Gasteiger partial charge on any atom is 0.0492 e. The Hall–Kier alpha value is -0.130. The van der Waals surface area contributed by atoms with E-state index < -0.39 is 9.73 Å². The van der Waals surface area contributed by atoms with Gasteiger partial charge in [-0.1, -0.05) is 0 Å². The Kier molecular flexibility index (Phi) is 4.82. The van der Waals surface area contributed by atoms with E-state index in [1.165, 1.54) is 32.5 Å². The fourth-order valence-corrected chi connectivity index (χ4v) is 4.75. The number of nitrogens with one attached hydrogen (secondary N) is 1. The summed E-state index contributed by atoms with van der Waals surface area (Å²) in [6.07, 6.45) is 2.59. The zero-order chi connectivity index (χ0) is 12.1. The van der Waals surface area contributed by atoms with E-state index in [0.717, 1.165) is 30.5 Å². The second-order valence-electron chi connectivity index (χ2n) is 5.12. The highest BCUT2D eigenvalue weighted by Gasteiger charge is 2.23. The van der Waals surface area contributed by atoms with Crippen molar-refractivity contribution in [2.24, 2.45) is 10.3 Å². The van der Waals surface area contributed by atoms with E-state index in [0.29, 0.717) is 6.54 Å². The molecule has 4 nitrogen and oxygen atoms in total. The molecule has 0 bridgehead atoms. The number of hydrogen-bond donors (Lipinski definition) is 1. The van der Waals surface area contributed by atoms with Gasteiger partial charge in [0.1, 0.15) is 0 Å². The van der Waals surface area contributed by atoms with Crippen LogP contribution in [0.5, 0.6) is 0 Å². The molecule has 0 aromatic rings. The summed E-state index contributed by atoms with van der Waals surface area (Å²) in [5.41, 5.74) is 0. The maximum absolute atomic E-state index is 12.2. The van der Waals surface area contributed by atoms with Crippen molar-refractivity contribution in [3.8, 4) is 0 Å². The molecule has 0 amide bonds. The molecule has 2 aliphatic rings. The van der Waals surface area contributed by atoms with E-state index in [2.05, 4.69) is 14.6 Å². The van der Waals surface area contributed by atoms with Crippen LogP contribution in [0.4, 0.5) is 0 Å². The van der Waals surface area contributed by atoms with Gasteiger partial charge in [0.25, 0.3) is 0 Å². The molecule has 17 heavy (non-hydrogen) atoms. The molecule has 100 valence electrons. The van der Waals surface area contributed by atoms with Crippen LogP contribution in [0.2, 0.25) is 0 Å². The Morgan fingerprint density at radius 2 is 1.94 bits per heavy atom. The van der Waals surface area contributed by atoms with Gasteiger partial charge in [-0.15, -0.1) is 0 Å². The summed E-state index contributed by atoms with van der Waals surface area (Å²) in [5.74, 6) is 2.41. The summed E-state index contributed by atoms with van der Waals surface area (Å²) >= 11 is 0. The van der Waals surface area contributed by atoms with Crippen molar-refractivity contribution in [3.63, 3.8) is 0 Å². The van der Waals surface area contributed by atoms with Crippen molar-refractivity contribution in [1.29, 1.82) is 0 Å². The number of piperidine rings is 1. The van der Waals surface area contributed by atoms with Crippen LogP contribution in [-0.4, -0.2) is 59.9 Å². The minimum absolute atomic E-state index is 0.702. The number of nitrogens with zero attached hydrogens (tertiary/aromatic N) is 2. The summed E-state index contributed by atoms with van der Waals surface area (Å²) in [7, 11) is -1.84. The van der Waals surface area contributed by atoms with E-state index in [4.69, 9.17) is 0 Å². The quantitative estimate of drug-likeness (QED) is 0.815. The summed E-state index contributed by atoms with van der Waals surface area (Å²) in [4.78, 5) is 2.49. The van der Waals surface area contributed by atoms with Gasteiger partial charge in [-0.2, -0.15) is 0 Å². The van der Waals surface area contributed by atoms with E-state index in [-0.39, 0.29) is 0 Å². The van der Waals surface area contributed by atoms with Gasteiger partial charge < -0.3 is 10.2 Å². The van der Waals surface area contributed by atoms with Crippen molar-refractivity contribution in [1.82, 2.24) is 10.2 Å². The fourth-order valence-electron chi connectivity index (χ4n) is 2.73. The van der Waals surface area contributed by atoms with Crippen molar-refractivity contribution in [2.45, 2.75) is 19.8 Å². The maximum atomic E-state index is 12.2. The van der Waals surface area contributed by atoms with Crippen molar-refractivity contribution >= 4 is 9.73 Å². The first-order valence-corrected chi connectivity index (χ1v) is 8.68. The highest BCUT2D eigenvalue weighted by molar-refractivity contribution is 7.93. The molecule has 0 aromatic heterocycles. The zero-order valence-electron chi connectivity index (χ0n) is 10.9. The van der Waals surface area contributed by atoms with Gasteiger partial charge in [-0.05, 0) is 38.8 Å². The molecule has 0 aromatic carbocycles. The predicted molar refractivity (Wildman–Crippen MR) is 72.9 cm³/mol. The lowest BCUT2D eigenvalue weighted by Gasteiger charge is -2.33. The monoisotopic (exact) mass is 259 g/mol. The van der Waals surface area contributed by atoms with Crippen LogP contribution >= 0.6 is 0 Å². The van der Waals surface area contributed by atoms with Gasteiger partial charge in [0.15, 0.2) is 0 Å². The topological polar surface area (TPSA) is 44.7 Å². The van der Waals surface area contributed by atoms with Crippen LogP contribution < -0.4 is 5.32 Å². The molecule has 0 saturated carbocycles. The van der Waals surface area contributed by atoms with Gasteiger partial charge in [-0.25, -0.2) is 8.57 Å². The van der Waals surface area contributed by atoms with E-state index in [1.807, 2.05) is 6.92 Å². The molecule has 0 spiro atoms. The van der Waals surface area contributed by atoms with Gasteiger partial charge in [0, 0.05) is 47.4 Å². The SMILES string of the molecule is CCN=S1(=O)CCN(CC2CCNCC2)CC1. The molecule has 0 unspecified atom stereocenters.